The third-order valence-electron chi connectivity index (χ3n) is 7.77. The average molecular weight is 534 g/mol. The van der Waals surface area contributed by atoms with E-state index in [1.807, 2.05) is 12.1 Å². The highest BCUT2D eigenvalue weighted by Gasteiger charge is 2.51. The van der Waals surface area contributed by atoms with E-state index in [9.17, 15) is 4.79 Å². The Morgan fingerprint density at radius 3 is 1.82 bits per heavy atom. The van der Waals surface area contributed by atoms with E-state index in [0.29, 0.717) is 0 Å². The molecule has 2 saturated heterocycles. The first-order chi connectivity index (χ1) is 18.3. The van der Waals surface area contributed by atoms with Crippen molar-refractivity contribution in [3.63, 3.8) is 0 Å². The van der Waals surface area contributed by atoms with E-state index >= 15 is 0 Å². The van der Waals surface area contributed by atoms with Crippen LogP contribution in [0.4, 0.5) is 17.1 Å². The smallest absolute Gasteiger partial charge is 0.399 e. The molecule has 1 N–H and O–H groups in total. The predicted molar refractivity (Wildman–Crippen MR) is 162 cm³/mol. The summed E-state index contributed by atoms with van der Waals surface area (Å²) >= 11 is 0. The zero-order valence-electron chi connectivity index (χ0n) is 24.8. The lowest BCUT2D eigenvalue weighted by Crippen LogP contribution is -2.46. The third-order valence-corrected chi connectivity index (χ3v) is 7.77. The Morgan fingerprint density at radius 1 is 0.923 bits per heavy atom. The maximum Gasteiger partial charge on any atom is 0.494 e. The molecule has 0 unspecified atom stereocenters. The summed E-state index contributed by atoms with van der Waals surface area (Å²) in [6.45, 7) is 20.7. The zero-order valence-corrected chi connectivity index (χ0v) is 24.8. The number of amides is 1. The molecule has 8 nitrogen and oxygen atoms in total. The van der Waals surface area contributed by atoms with Crippen molar-refractivity contribution in [3.05, 3.63) is 48.5 Å². The molecule has 2 aliphatic heterocycles. The number of carbonyl (C=O) groups excluding carboxylic acids is 1. The second-order valence-corrected chi connectivity index (χ2v) is 12.7. The number of benzene rings is 2. The lowest BCUT2D eigenvalue weighted by molar-refractivity contribution is -0.115. The average Bonchev–Trinajstić information content (AvgIpc) is 3.10. The van der Waals surface area contributed by atoms with Crippen LogP contribution in [0.5, 0.6) is 0 Å². The molecular weight excluding hydrogens is 489 g/mol. The Labute approximate surface area is 234 Å². The summed E-state index contributed by atoms with van der Waals surface area (Å²) in [5.74, 6) is -0.0813. The van der Waals surface area contributed by atoms with Gasteiger partial charge in [0.2, 0.25) is 5.91 Å². The first kappa shape index (κ1) is 29.0. The van der Waals surface area contributed by atoms with Gasteiger partial charge in [0.05, 0.1) is 11.2 Å². The van der Waals surface area contributed by atoms with Crippen molar-refractivity contribution >= 4 is 41.9 Å². The Balaban J connectivity index is 1.32. The van der Waals surface area contributed by atoms with Crippen molar-refractivity contribution < 1.29 is 14.1 Å². The van der Waals surface area contributed by atoms with Crippen LogP contribution in [0.25, 0.3) is 0 Å². The normalized spacial score (nSPS) is 19.0. The fourth-order valence-electron chi connectivity index (χ4n) is 4.58. The van der Waals surface area contributed by atoms with Crippen molar-refractivity contribution in [1.82, 2.24) is 5.43 Å². The van der Waals surface area contributed by atoms with Crippen molar-refractivity contribution in [2.75, 3.05) is 47.4 Å². The van der Waals surface area contributed by atoms with E-state index < -0.39 is 0 Å². The quantitative estimate of drug-likeness (QED) is 0.249. The molecule has 9 heteroatoms. The number of hydrazone groups is 1. The van der Waals surface area contributed by atoms with Crippen molar-refractivity contribution in [1.29, 1.82) is 0 Å². The summed E-state index contributed by atoms with van der Waals surface area (Å²) in [4.78, 5) is 18.6. The van der Waals surface area contributed by atoms with Crippen LogP contribution in [0, 0.1) is 5.41 Å². The molecule has 2 aliphatic rings. The minimum Gasteiger partial charge on any atom is -0.399 e. The predicted octanol–water partition coefficient (Wildman–Crippen LogP) is 4.24. The highest BCUT2D eigenvalue weighted by atomic mass is 16.7. The molecule has 0 aliphatic carbocycles. The summed E-state index contributed by atoms with van der Waals surface area (Å²) in [6, 6.07) is 16.7. The van der Waals surface area contributed by atoms with Crippen LogP contribution in [0.3, 0.4) is 0 Å². The van der Waals surface area contributed by atoms with E-state index in [1.165, 1.54) is 5.69 Å². The molecule has 0 radical (unpaired) electrons. The topological polar surface area (TPSA) is 69.6 Å². The maximum atomic E-state index is 12.2. The van der Waals surface area contributed by atoms with E-state index in [2.05, 4.69) is 105 Å². The third kappa shape index (κ3) is 6.95. The van der Waals surface area contributed by atoms with E-state index in [0.717, 1.165) is 49.6 Å². The summed E-state index contributed by atoms with van der Waals surface area (Å²) in [5, 5.41) is 4.24. The van der Waals surface area contributed by atoms with E-state index in [4.69, 9.17) is 9.31 Å². The van der Waals surface area contributed by atoms with Gasteiger partial charge in [-0.3, -0.25) is 9.69 Å². The second kappa shape index (κ2) is 11.2. The molecule has 210 valence electrons. The first-order valence-electron chi connectivity index (χ1n) is 13.9. The zero-order chi connectivity index (χ0) is 28.4. The fourth-order valence-corrected chi connectivity index (χ4v) is 4.58. The molecule has 2 aromatic rings. The van der Waals surface area contributed by atoms with E-state index in [1.54, 1.807) is 18.2 Å². The summed E-state index contributed by atoms with van der Waals surface area (Å²) in [6.07, 6.45) is 1.56. The summed E-state index contributed by atoms with van der Waals surface area (Å²) in [7, 11) is -0.339. The molecule has 0 spiro atoms. The number of hydrogen-bond acceptors (Lipinski definition) is 7. The van der Waals surface area contributed by atoms with Crippen LogP contribution < -0.4 is 25.6 Å². The van der Waals surface area contributed by atoms with Gasteiger partial charge in [0, 0.05) is 56.7 Å². The molecular formula is C30H44BN5O3. The van der Waals surface area contributed by atoms with Crippen molar-refractivity contribution in [2.45, 2.75) is 66.6 Å². The molecule has 0 atom stereocenters. The van der Waals surface area contributed by atoms with Crippen LogP contribution in [0.1, 0.15) is 55.4 Å². The maximum absolute atomic E-state index is 12.2. The van der Waals surface area contributed by atoms with Gasteiger partial charge in [0.15, 0.2) is 0 Å². The van der Waals surface area contributed by atoms with Crippen LogP contribution >= 0.6 is 0 Å². The highest BCUT2D eigenvalue weighted by molar-refractivity contribution is 6.62. The standard InChI is InChI=1S/C30H44BN5O3/c1-23(37)36(22-33-32-21-28(2,3)4)27-15-13-26(14-16-27)35-19-17-34(18-20-35)25-11-9-24(10-12-25)31-38-29(5,6)30(7,8)39-31/h9-16,22,32H,17-21H2,1-8H3/b33-22-. The van der Waals surface area contributed by atoms with Crippen molar-refractivity contribution in [3.8, 4) is 0 Å². The molecule has 39 heavy (non-hydrogen) atoms. The van der Waals surface area contributed by atoms with Gasteiger partial charge >= 0.3 is 7.12 Å². The number of hydrogen-bond donors (Lipinski definition) is 1. The highest BCUT2D eigenvalue weighted by Crippen LogP contribution is 2.36. The van der Waals surface area contributed by atoms with Gasteiger partial charge in [0.25, 0.3) is 0 Å². The van der Waals surface area contributed by atoms with Gasteiger partial charge in [-0.05, 0) is 75.0 Å². The molecule has 0 bridgehead atoms. The molecule has 0 aromatic heterocycles. The minimum atomic E-state index is -0.341. The second-order valence-electron chi connectivity index (χ2n) is 12.7. The SMILES string of the molecule is CC(=O)N(/C=N\NCC(C)(C)C)c1ccc(N2CCN(c3ccc(B4OC(C)(C)C(C)(C)O4)cc3)CC2)cc1. The lowest BCUT2D eigenvalue weighted by Gasteiger charge is -2.37. The Bertz CT molecular complexity index is 1130. The fraction of sp³-hybridized carbons (Fsp3) is 0.533. The first-order valence-corrected chi connectivity index (χ1v) is 13.9. The van der Waals surface area contributed by atoms with Gasteiger partial charge < -0.3 is 24.5 Å². The number of rotatable bonds is 7. The molecule has 2 fully saturated rings. The van der Waals surface area contributed by atoms with Crippen LogP contribution in [0.15, 0.2) is 53.6 Å². The van der Waals surface area contributed by atoms with Crippen molar-refractivity contribution in [2.24, 2.45) is 10.5 Å². The number of piperazine rings is 1. The number of nitrogens with zero attached hydrogens (tertiary/aromatic N) is 4. The molecule has 2 heterocycles. The lowest BCUT2D eigenvalue weighted by atomic mass is 9.79. The Kier molecular flexibility index (Phi) is 8.33. The van der Waals surface area contributed by atoms with Gasteiger partial charge in [0.1, 0.15) is 6.34 Å². The summed E-state index contributed by atoms with van der Waals surface area (Å²) in [5.41, 5.74) is 6.68. The number of carbonyl (C=O) groups is 1. The van der Waals surface area contributed by atoms with Crippen LogP contribution in [-0.2, 0) is 14.1 Å². The van der Waals surface area contributed by atoms with Gasteiger partial charge in [-0.25, -0.2) is 0 Å². The van der Waals surface area contributed by atoms with E-state index in [-0.39, 0.29) is 29.6 Å². The number of anilines is 3. The summed E-state index contributed by atoms with van der Waals surface area (Å²) < 4.78 is 12.4. The van der Waals surface area contributed by atoms with Gasteiger partial charge in [-0.1, -0.05) is 32.9 Å². The Morgan fingerprint density at radius 2 is 1.38 bits per heavy atom. The van der Waals surface area contributed by atoms with Crippen LogP contribution in [0.2, 0.25) is 0 Å². The number of nitrogens with one attached hydrogen (secondary N) is 1. The minimum absolute atomic E-state index is 0.0813. The molecule has 2 aromatic carbocycles. The largest absolute Gasteiger partial charge is 0.494 e. The van der Waals surface area contributed by atoms with Gasteiger partial charge in [-0.15, -0.1) is 0 Å². The molecule has 0 saturated carbocycles. The molecule has 4 rings (SSSR count). The van der Waals surface area contributed by atoms with Gasteiger partial charge in [-0.2, -0.15) is 5.10 Å². The monoisotopic (exact) mass is 533 g/mol. The Hall–Kier alpha value is -3.04. The molecule has 1 amide bonds. The van der Waals surface area contributed by atoms with Crippen LogP contribution in [-0.4, -0.2) is 63.3 Å².